The summed E-state index contributed by atoms with van der Waals surface area (Å²) in [6, 6.07) is 8.17. The van der Waals surface area contributed by atoms with Crippen LogP contribution in [0.15, 0.2) is 34.1 Å². The van der Waals surface area contributed by atoms with Crippen molar-refractivity contribution in [3.8, 4) is 11.5 Å². The van der Waals surface area contributed by atoms with Crippen LogP contribution in [0.25, 0.3) is 0 Å². The molecular formula is C15H18BrNO2S. The predicted octanol–water partition coefficient (Wildman–Crippen LogP) is 4.21. The predicted molar refractivity (Wildman–Crippen MR) is 86.7 cm³/mol. The minimum atomic E-state index is 0.557. The van der Waals surface area contributed by atoms with Gasteiger partial charge in [0, 0.05) is 11.4 Å². The second kappa shape index (κ2) is 7.67. The molecule has 0 atom stereocenters. The molecule has 20 heavy (non-hydrogen) atoms. The van der Waals surface area contributed by atoms with Crippen LogP contribution in [0.3, 0.4) is 0 Å². The summed E-state index contributed by atoms with van der Waals surface area (Å²) in [4.78, 5) is 1.19. The smallest absolute Gasteiger partial charge is 0.175 e. The normalized spacial score (nSPS) is 10.6. The third-order valence-corrected chi connectivity index (χ3v) is 4.13. The fourth-order valence-corrected chi connectivity index (χ4v) is 3.09. The molecule has 0 bridgehead atoms. The molecule has 1 N–H and O–H groups in total. The van der Waals surface area contributed by atoms with Crippen molar-refractivity contribution in [3.05, 3.63) is 44.6 Å². The van der Waals surface area contributed by atoms with Crippen molar-refractivity contribution in [2.24, 2.45) is 0 Å². The lowest BCUT2D eigenvalue weighted by Gasteiger charge is -2.15. The van der Waals surface area contributed by atoms with Crippen LogP contribution in [-0.2, 0) is 13.2 Å². The van der Waals surface area contributed by atoms with Crippen LogP contribution in [0.1, 0.15) is 17.4 Å². The molecule has 108 valence electrons. The molecule has 0 saturated carbocycles. The van der Waals surface area contributed by atoms with Crippen molar-refractivity contribution >= 4 is 27.3 Å². The van der Waals surface area contributed by atoms with Crippen LogP contribution < -0.4 is 14.8 Å². The van der Waals surface area contributed by atoms with E-state index in [1.165, 1.54) is 4.88 Å². The Hall–Kier alpha value is -1.04. The summed E-state index contributed by atoms with van der Waals surface area (Å²) in [6.45, 7) is 3.94. The van der Waals surface area contributed by atoms with Crippen molar-refractivity contribution in [1.29, 1.82) is 0 Å². The van der Waals surface area contributed by atoms with Crippen molar-refractivity contribution in [3.63, 3.8) is 0 Å². The van der Waals surface area contributed by atoms with Gasteiger partial charge in [0.15, 0.2) is 11.5 Å². The van der Waals surface area contributed by atoms with Crippen LogP contribution in [0.2, 0.25) is 0 Å². The number of hydrogen-bond acceptors (Lipinski definition) is 4. The number of hydrogen-bond donors (Lipinski definition) is 1. The zero-order chi connectivity index (χ0) is 14.4. The zero-order valence-corrected chi connectivity index (χ0v) is 14.0. The second-order valence-corrected chi connectivity index (χ2v) is 6.12. The monoisotopic (exact) mass is 355 g/mol. The van der Waals surface area contributed by atoms with Gasteiger partial charge in [-0.25, -0.2) is 0 Å². The average molecular weight is 356 g/mol. The SMILES string of the molecule is CCOc1cc(CNC)cc(Br)c1OCc1cccs1. The molecule has 0 amide bonds. The molecule has 1 aromatic heterocycles. The maximum absolute atomic E-state index is 5.92. The van der Waals surface area contributed by atoms with E-state index in [0.29, 0.717) is 13.2 Å². The fraction of sp³-hybridized carbons (Fsp3) is 0.333. The second-order valence-electron chi connectivity index (χ2n) is 4.24. The molecule has 2 aromatic rings. The maximum atomic E-state index is 5.92. The summed E-state index contributed by atoms with van der Waals surface area (Å²) >= 11 is 5.26. The van der Waals surface area contributed by atoms with E-state index in [1.807, 2.05) is 31.5 Å². The van der Waals surface area contributed by atoms with Gasteiger partial charge in [0.05, 0.1) is 11.1 Å². The van der Waals surface area contributed by atoms with Crippen LogP contribution >= 0.6 is 27.3 Å². The van der Waals surface area contributed by atoms with E-state index in [1.54, 1.807) is 11.3 Å². The molecule has 0 fully saturated rings. The first-order valence-electron chi connectivity index (χ1n) is 6.49. The lowest BCUT2D eigenvalue weighted by molar-refractivity contribution is 0.269. The fourth-order valence-electron chi connectivity index (χ4n) is 1.87. The quantitative estimate of drug-likeness (QED) is 0.806. The lowest BCUT2D eigenvalue weighted by atomic mass is 10.2. The molecule has 0 aliphatic heterocycles. The van der Waals surface area contributed by atoms with Crippen LogP contribution in [-0.4, -0.2) is 13.7 Å². The summed E-state index contributed by atoms with van der Waals surface area (Å²) in [6.07, 6.45) is 0. The van der Waals surface area contributed by atoms with E-state index in [-0.39, 0.29) is 0 Å². The number of halogens is 1. The maximum Gasteiger partial charge on any atom is 0.175 e. The standard InChI is InChI=1S/C15H18BrNO2S/c1-3-18-14-8-11(9-17-2)7-13(16)15(14)19-10-12-5-4-6-20-12/h4-8,17H,3,9-10H2,1-2H3. The van der Waals surface area contributed by atoms with Gasteiger partial charge in [-0.05, 0) is 59.0 Å². The van der Waals surface area contributed by atoms with Crippen molar-refractivity contribution in [1.82, 2.24) is 5.32 Å². The van der Waals surface area contributed by atoms with E-state index >= 15 is 0 Å². The first-order valence-corrected chi connectivity index (χ1v) is 8.16. The van der Waals surface area contributed by atoms with Crippen molar-refractivity contribution in [2.45, 2.75) is 20.1 Å². The molecule has 0 saturated heterocycles. The van der Waals surface area contributed by atoms with Gasteiger partial charge in [-0.2, -0.15) is 0 Å². The molecular weight excluding hydrogens is 338 g/mol. The first-order chi connectivity index (χ1) is 9.74. The molecule has 0 spiro atoms. The zero-order valence-electron chi connectivity index (χ0n) is 11.6. The van der Waals surface area contributed by atoms with E-state index in [0.717, 1.165) is 28.1 Å². The Kier molecular flexibility index (Phi) is 5.88. The van der Waals surface area contributed by atoms with Gasteiger partial charge in [0.1, 0.15) is 6.61 Å². The van der Waals surface area contributed by atoms with E-state index < -0.39 is 0 Å². The third kappa shape index (κ3) is 3.98. The largest absolute Gasteiger partial charge is 0.490 e. The van der Waals surface area contributed by atoms with Gasteiger partial charge < -0.3 is 14.8 Å². The van der Waals surface area contributed by atoms with Gasteiger partial charge in [-0.3, -0.25) is 0 Å². The topological polar surface area (TPSA) is 30.5 Å². The third-order valence-electron chi connectivity index (χ3n) is 2.69. The summed E-state index contributed by atoms with van der Waals surface area (Å²) in [5, 5.41) is 5.19. The number of nitrogens with one attached hydrogen (secondary N) is 1. The van der Waals surface area contributed by atoms with Gasteiger partial charge in [0.25, 0.3) is 0 Å². The van der Waals surface area contributed by atoms with Crippen LogP contribution in [0, 0.1) is 0 Å². The Morgan fingerprint density at radius 2 is 2.15 bits per heavy atom. The van der Waals surface area contributed by atoms with Crippen molar-refractivity contribution in [2.75, 3.05) is 13.7 Å². The highest BCUT2D eigenvalue weighted by molar-refractivity contribution is 9.10. The molecule has 1 heterocycles. The lowest BCUT2D eigenvalue weighted by Crippen LogP contribution is -2.06. The summed E-state index contributed by atoms with van der Waals surface area (Å²) < 4.78 is 12.5. The van der Waals surface area contributed by atoms with Gasteiger partial charge in [0.2, 0.25) is 0 Å². The minimum Gasteiger partial charge on any atom is -0.490 e. The highest BCUT2D eigenvalue weighted by Crippen LogP contribution is 2.37. The molecule has 5 heteroatoms. The van der Waals surface area contributed by atoms with Gasteiger partial charge >= 0.3 is 0 Å². The number of thiophene rings is 1. The Morgan fingerprint density at radius 1 is 1.30 bits per heavy atom. The summed E-state index contributed by atoms with van der Waals surface area (Å²) in [5.74, 6) is 1.55. The summed E-state index contributed by atoms with van der Waals surface area (Å²) in [5.41, 5.74) is 1.16. The Balaban J connectivity index is 2.20. The van der Waals surface area contributed by atoms with Crippen LogP contribution in [0.4, 0.5) is 0 Å². The average Bonchev–Trinajstić information content (AvgIpc) is 2.92. The van der Waals surface area contributed by atoms with E-state index in [9.17, 15) is 0 Å². The Morgan fingerprint density at radius 3 is 2.80 bits per heavy atom. The highest BCUT2D eigenvalue weighted by Gasteiger charge is 2.12. The van der Waals surface area contributed by atoms with Gasteiger partial charge in [-0.15, -0.1) is 11.3 Å². The Labute approximate surface area is 132 Å². The minimum absolute atomic E-state index is 0.557. The van der Waals surface area contributed by atoms with E-state index in [4.69, 9.17) is 9.47 Å². The first kappa shape index (κ1) is 15.4. The molecule has 0 unspecified atom stereocenters. The highest BCUT2D eigenvalue weighted by atomic mass is 79.9. The van der Waals surface area contributed by atoms with Crippen LogP contribution in [0.5, 0.6) is 11.5 Å². The molecule has 3 nitrogen and oxygen atoms in total. The number of ether oxygens (including phenoxy) is 2. The summed E-state index contributed by atoms with van der Waals surface area (Å²) in [7, 11) is 1.93. The van der Waals surface area contributed by atoms with Crippen molar-refractivity contribution < 1.29 is 9.47 Å². The molecule has 2 rings (SSSR count). The number of rotatable bonds is 7. The Bertz CT molecular complexity index is 543. The molecule has 1 aromatic carbocycles. The van der Waals surface area contributed by atoms with Gasteiger partial charge in [-0.1, -0.05) is 6.07 Å². The molecule has 0 aliphatic carbocycles. The molecule has 0 aliphatic rings. The number of benzene rings is 1. The molecule has 0 radical (unpaired) electrons. The van der Waals surface area contributed by atoms with E-state index in [2.05, 4.69) is 33.4 Å².